The molecule has 1 rings (SSSR count). The molecule has 0 spiro atoms. The quantitative estimate of drug-likeness (QED) is 0.472. The Bertz CT molecular complexity index is 441. The molecular weight excluding hydrogens is 290 g/mol. The number of rotatable bonds is 11. The second kappa shape index (κ2) is 11.9. The molecule has 0 fully saturated rings. The first kappa shape index (κ1) is 19.4. The number of unbranched alkanes of at least 4 members (excludes halogenated alkanes) is 1. The summed E-state index contributed by atoms with van der Waals surface area (Å²) in [6.07, 6.45) is 5.17. The third kappa shape index (κ3) is 7.97. The average molecular weight is 323 g/mol. The van der Waals surface area contributed by atoms with Crippen LogP contribution in [0.4, 0.5) is 0 Å². The third-order valence-electron chi connectivity index (χ3n) is 3.65. The molecule has 0 unspecified atom stereocenters. The Morgan fingerprint density at radius 2 is 2.09 bits per heavy atom. The van der Waals surface area contributed by atoms with E-state index in [9.17, 15) is 0 Å². The Morgan fingerprint density at radius 1 is 1.26 bits per heavy atom. The zero-order chi connectivity index (χ0) is 16.9. The van der Waals surface area contributed by atoms with Crippen LogP contribution in [0.3, 0.4) is 0 Å². The highest BCUT2D eigenvalue weighted by Gasteiger charge is 2.02. The first-order chi connectivity index (χ1) is 11.2. The van der Waals surface area contributed by atoms with Gasteiger partial charge in [0, 0.05) is 32.6 Å². The molecule has 0 aliphatic heterocycles. The van der Waals surface area contributed by atoms with Gasteiger partial charge in [-0.15, -0.1) is 10.2 Å². The van der Waals surface area contributed by atoms with Crippen LogP contribution in [0, 0.1) is 0 Å². The molecule has 23 heavy (non-hydrogen) atoms. The van der Waals surface area contributed by atoms with Crippen molar-refractivity contribution < 1.29 is 0 Å². The molecule has 1 aromatic heterocycles. The molecular formula is C16H33N7. The SMILES string of the molecule is CCCCN(C)CCN=C(NCC)NCCn1cnnc1CC. The standard InChI is InChI=1S/C16H33N7/c1-5-8-11-22(4)12-9-18-16(17-7-3)19-10-13-23-14-20-21-15(23)6-2/h14H,5-13H2,1-4H3,(H2,17,18,19). The number of nitrogens with zero attached hydrogens (tertiary/aromatic N) is 5. The molecule has 0 amide bonds. The maximum absolute atomic E-state index is 4.64. The number of likely N-dealkylation sites (N-methyl/N-ethyl adjacent to an activating group) is 1. The van der Waals surface area contributed by atoms with Crippen LogP contribution in [0.15, 0.2) is 11.3 Å². The summed E-state index contributed by atoms with van der Waals surface area (Å²) in [6.45, 7) is 11.9. The molecule has 0 aliphatic rings. The van der Waals surface area contributed by atoms with Crippen LogP contribution < -0.4 is 10.6 Å². The molecule has 0 bridgehead atoms. The number of hydrogen-bond donors (Lipinski definition) is 2. The number of aromatic nitrogens is 3. The summed E-state index contributed by atoms with van der Waals surface area (Å²) in [5, 5.41) is 14.7. The van der Waals surface area contributed by atoms with Crippen LogP contribution >= 0.6 is 0 Å². The Balaban J connectivity index is 2.34. The van der Waals surface area contributed by atoms with Crippen molar-refractivity contribution in [2.75, 3.05) is 39.8 Å². The van der Waals surface area contributed by atoms with Crippen LogP contribution in [-0.2, 0) is 13.0 Å². The van der Waals surface area contributed by atoms with E-state index in [-0.39, 0.29) is 0 Å². The molecule has 7 nitrogen and oxygen atoms in total. The summed E-state index contributed by atoms with van der Waals surface area (Å²) < 4.78 is 2.08. The fourth-order valence-electron chi connectivity index (χ4n) is 2.25. The average Bonchev–Trinajstić information content (AvgIpc) is 3.00. The van der Waals surface area contributed by atoms with Gasteiger partial charge in [-0.3, -0.25) is 4.99 Å². The van der Waals surface area contributed by atoms with Gasteiger partial charge < -0.3 is 20.1 Å². The number of nitrogens with one attached hydrogen (secondary N) is 2. The lowest BCUT2D eigenvalue weighted by Gasteiger charge is -2.16. The Hall–Kier alpha value is -1.63. The third-order valence-corrected chi connectivity index (χ3v) is 3.65. The van der Waals surface area contributed by atoms with Crippen LogP contribution in [0.1, 0.15) is 39.4 Å². The number of guanidine groups is 1. The van der Waals surface area contributed by atoms with E-state index in [1.165, 1.54) is 12.8 Å². The smallest absolute Gasteiger partial charge is 0.191 e. The predicted molar refractivity (Wildman–Crippen MR) is 95.8 cm³/mol. The second-order valence-corrected chi connectivity index (χ2v) is 5.64. The highest BCUT2D eigenvalue weighted by molar-refractivity contribution is 5.79. The molecule has 132 valence electrons. The van der Waals surface area contributed by atoms with E-state index < -0.39 is 0 Å². The molecule has 2 N–H and O–H groups in total. The van der Waals surface area contributed by atoms with E-state index in [4.69, 9.17) is 0 Å². The minimum Gasteiger partial charge on any atom is -0.357 e. The zero-order valence-corrected chi connectivity index (χ0v) is 15.2. The van der Waals surface area contributed by atoms with Gasteiger partial charge >= 0.3 is 0 Å². The zero-order valence-electron chi connectivity index (χ0n) is 15.2. The van der Waals surface area contributed by atoms with E-state index in [0.29, 0.717) is 0 Å². The molecule has 7 heteroatoms. The molecule has 0 atom stereocenters. The normalized spacial score (nSPS) is 12.0. The van der Waals surface area contributed by atoms with Crippen molar-refractivity contribution in [3.8, 4) is 0 Å². The van der Waals surface area contributed by atoms with Gasteiger partial charge in [0.1, 0.15) is 12.2 Å². The minimum atomic E-state index is 0.808. The van der Waals surface area contributed by atoms with Gasteiger partial charge in [0.25, 0.3) is 0 Å². The largest absolute Gasteiger partial charge is 0.357 e. The van der Waals surface area contributed by atoms with Crippen molar-refractivity contribution in [3.63, 3.8) is 0 Å². The molecule has 0 saturated carbocycles. The van der Waals surface area contributed by atoms with E-state index in [0.717, 1.165) is 57.5 Å². The monoisotopic (exact) mass is 323 g/mol. The van der Waals surface area contributed by atoms with Crippen molar-refractivity contribution in [1.29, 1.82) is 0 Å². The maximum atomic E-state index is 4.64. The fraction of sp³-hybridized carbons (Fsp3) is 0.812. The number of aryl methyl sites for hydroxylation is 1. The first-order valence-electron chi connectivity index (χ1n) is 8.78. The van der Waals surface area contributed by atoms with Gasteiger partial charge in [0.2, 0.25) is 0 Å². The van der Waals surface area contributed by atoms with Crippen molar-refractivity contribution in [3.05, 3.63) is 12.2 Å². The molecule has 0 aliphatic carbocycles. The number of hydrogen-bond acceptors (Lipinski definition) is 4. The van der Waals surface area contributed by atoms with E-state index >= 15 is 0 Å². The van der Waals surface area contributed by atoms with Gasteiger partial charge in [-0.2, -0.15) is 0 Å². The summed E-state index contributed by atoms with van der Waals surface area (Å²) in [5.74, 6) is 1.90. The van der Waals surface area contributed by atoms with Crippen LogP contribution in [-0.4, -0.2) is 65.4 Å². The lowest BCUT2D eigenvalue weighted by atomic mass is 10.3. The summed E-state index contributed by atoms with van der Waals surface area (Å²) >= 11 is 0. The summed E-state index contributed by atoms with van der Waals surface area (Å²) in [5.41, 5.74) is 0. The molecule has 0 saturated heterocycles. The van der Waals surface area contributed by atoms with Crippen LogP contribution in [0.2, 0.25) is 0 Å². The van der Waals surface area contributed by atoms with Gasteiger partial charge in [0.15, 0.2) is 5.96 Å². The van der Waals surface area contributed by atoms with Crippen LogP contribution in [0.25, 0.3) is 0 Å². The lowest BCUT2D eigenvalue weighted by molar-refractivity contribution is 0.337. The summed E-state index contributed by atoms with van der Waals surface area (Å²) in [6, 6.07) is 0. The van der Waals surface area contributed by atoms with Gasteiger partial charge in [0.05, 0.1) is 6.54 Å². The molecule has 0 radical (unpaired) electrons. The summed E-state index contributed by atoms with van der Waals surface area (Å²) in [4.78, 5) is 6.97. The Labute approximate surface area is 140 Å². The Morgan fingerprint density at radius 3 is 2.78 bits per heavy atom. The predicted octanol–water partition coefficient (Wildman–Crippen LogP) is 1.13. The van der Waals surface area contributed by atoms with E-state index in [2.05, 4.69) is 63.1 Å². The molecule has 0 aromatic carbocycles. The topological polar surface area (TPSA) is 70.4 Å². The second-order valence-electron chi connectivity index (χ2n) is 5.64. The highest BCUT2D eigenvalue weighted by atomic mass is 15.3. The van der Waals surface area contributed by atoms with Crippen molar-refractivity contribution >= 4 is 5.96 Å². The Kier molecular flexibility index (Phi) is 10.0. The fourth-order valence-corrected chi connectivity index (χ4v) is 2.25. The van der Waals surface area contributed by atoms with Gasteiger partial charge in [-0.05, 0) is 26.9 Å². The molecule has 1 heterocycles. The van der Waals surface area contributed by atoms with Crippen molar-refractivity contribution in [2.24, 2.45) is 4.99 Å². The van der Waals surface area contributed by atoms with E-state index in [1.807, 2.05) is 0 Å². The summed E-state index contributed by atoms with van der Waals surface area (Å²) in [7, 11) is 2.16. The highest BCUT2D eigenvalue weighted by Crippen LogP contribution is 1.95. The minimum absolute atomic E-state index is 0.808. The maximum Gasteiger partial charge on any atom is 0.191 e. The van der Waals surface area contributed by atoms with Gasteiger partial charge in [-0.1, -0.05) is 20.3 Å². The lowest BCUT2D eigenvalue weighted by Crippen LogP contribution is -2.39. The van der Waals surface area contributed by atoms with Crippen molar-refractivity contribution in [2.45, 2.75) is 46.6 Å². The van der Waals surface area contributed by atoms with E-state index in [1.54, 1.807) is 6.33 Å². The van der Waals surface area contributed by atoms with Crippen LogP contribution in [0.5, 0.6) is 0 Å². The first-order valence-corrected chi connectivity index (χ1v) is 8.78. The van der Waals surface area contributed by atoms with Crippen molar-refractivity contribution in [1.82, 2.24) is 30.3 Å². The number of aliphatic imine (C=N–C) groups is 1. The molecule has 1 aromatic rings. The van der Waals surface area contributed by atoms with Gasteiger partial charge in [-0.25, -0.2) is 0 Å².